The third-order valence-corrected chi connectivity index (χ3v) is 5.23. The van der Waals surface area contributed by atoms with Crippen molar-refractivity contribution < 1.29 is 14.3 Å². The summed E-state index contributed by atoms with van der Waals surface area (Å²) in [6.07, 6.45) is 5.10. The van der Waals surface area contributed by atoms with E-state index in [9.17, 15) is 4.79 Å². The van der Waals surface area contributed by atoms with Gasteiger partial charge in [-0.3, -0.25) is 14.7 Å². The van der Waals surface area contributed by atoms with Gasteiger partial charge in [-0.15, -0.1) is 24.0 Å². The lowest BCUT2D eigenvalue weighted by atomic mass is 10.1. The third kappa shape index (κ3) is 11.4. The Hall–Kier alpha value is -0.650. The Kier molecular flexibility index (Phi) is 14.6. The molecule has 2 aliphatic heterocycles. The molecule has 2 heterocycles. The molecule has 0 saturated carbocycles. The molecule has 8 nitrogen and oxygen atoms in total. The zero-order valence-corrected chi connectivity index (χ0v) is 20.4. The first-order valence-electron chi connectivity index (χ1n) is 10.8. The molecular weight excluding hydrogens is 485 g/mol. The normalized spacial score (nSPS) is 20.9. The molecule has 0 bridgehead atoms. The number of piperidine rings is 1. The Labute approximate surface area is 192 Å². The van der Waals surface area contributed by atoms with Gasteiger partial charge < -0.3 is 25.4 Å². The van der Waals surface area contributed by atoms with Crippen molar-refractivity contribution in [1.29, 1.82) is 0 Å². The molecule has 1 unspecified atom stereocenters. The maximum atomic E-state index is 11.8. The first kappa shape index (κ1) is 26.4. The van der Waals surface area contributed by atoms with Gasteiger partial charge in [-0.1, -0.05) is 6.92 Å². The fourth-order valence-electron chi connectivity index (χ4n) is 3.49. The minimum absolute atomic E-state index is 0. The van der Waals surface area contributed by atoms with Gasteiger partial charge in [0.25, 0.3) is 0 Å². The van der Waals surface area contributed by atoms with Crippen LogP contribution in [-0.2, 0) is 14.3 Å². The number of carbonyl (C=O) groups excluding carboxylic acids is 1. The van der Waals surface area contributed by atoms with Gasteiger partial charge in [0.1, 0.15) is 0 Å². The molecule has 1 atom stereocenters. The van der Waals surface area contributed by atoms with Crippen molar-refractivity contribution >= 4 is 35.8 Å². The summed E-state index contributed by atoms with van der Waals surface area (Å²) in [5.74, 6) is 1.56. The smallest absolute Gasteiger partial charge is 0.234 e. The van der Waals surface area contributed by atoms with Crippen molar-refractivity contribution in [3.8, 4) is 0 Å². The molecule has 2 fully saturated rings. The van der Waals surface area contributed by atoms with Crippen LogP contribution in [0, 0.1) is 5.92 Å². The van der Waals surface area contributed by atoms with Crippen LogP contribution in [0.4, 0.5) is 0 Å². The topological polar surface area (TPSA) is 87.2 Å². The van der Waals surface area contributed by atoms with Gasteiger partial charge >= 0.3 is 0 Å². The number of hydrogen-bond donors (Lipinski definition) is 3. The van der Waals surface area contributed by atoms with E-state index in [1.165, 1.54) is 0 Å². The summed E-state index contributed by atoms with van der Waals surface area (Å²) in [6.45, 7) is 9.35. The molecule has 0 aromatic carbocycles. The number of amides is 1. The van der Waals surface area contributed by atoms with E-state index in [0.717, 1.165) is 90.7 Å². The predicted octanol–water partition coefficient (Wildman–Crippen LogP) is 1.20. The number of aliphatic imine (C=N–C) groups is 1. The molecule has 170 valence electrons. The summed E-state index contributed by atoms with van der Waals surface area (Å²) in [7, 11) is 1.80. The van der Waals surface area contributed by atoms with Crippen LogP contribution >= 0.6 is 24.0 Å². The fourth-order valence-corrected chi connectivity index (χ4v) is 3.49. The number of halogens is 1. The van der Waals surface area contributed by atoms with Crippen LogP contribution in [0.1, 0.15) is 39.0 Å². The van der Waals surface area contributed by atoms with Crippen LogP contribution in [0.2, 0.25) is 0 Å². The number of ether oxygens (including phenoxy) is 2. The van der Waals surface area contributed by atoms with Crippen LogP contribution in [0.15, 0.2) is 4.99 Å². The molecule has 2 rings (SSSR count). The summed E-state index contributed by atoms with van der Waals surface area (Å²) in [5.41, 5.74) is 0. The van der Waals surface area contributed by atoms with Crippen molar-refractivity contribution in [2.45, 2.75) is 45.1 Å². The lowest BCUT2D eigenvalue weighted by Crippen LogP contribution is -2.50. The zero-order chi connectivity index (χ0) is 20.0. The van der Waals surface area contributed by atoms with E-state index in [4.69, 9.17) is 9.47 Å². The summed E-state index contributed by atoms with van der Waals surface area (Å²) in [4.78, 5) is 18.4. The summed E-state index contributed by atoms with van der Waals surface area (Å²) < 4.78 is 11.1. The molecule has 0 radical (unpaired) electrons. The monoisotopic (exact) mass is 525 g/mol. The van der Waals surface area contributed by atoms with E-state index in [1.54, 1.807) is 7.05 Å². The van der Waals surface area contributed by atoms with Crippen molar-refractivity contribution in [1.82, 2.24) is 20.9 Å². The SMILES string of the molecule is CCCNC(=O)CN1CCC(NC(=NC)NCCCOCC2CCOC2)CC1.I. The first-order chi connectivity index (χ1) is 13.7. The summed E-state index contributed by atoms with van der Waals surface area (Å²) >= 11 is 0. The number of nitrogens with one attached hydrogen (secondary N) is 3. The van der Waals surface area contributed by atoms with Crippen LogP contribution in [0.25, 0.3) is 0 Å². The van der Waals surface area contributed by atoms with E-state index in [1.807, 2.05) is 0 Å². The second kappa shape index (κ2) is 16.1. The van der Waals surface area contributed by atoms with Gasteiger partial charge in [0.05, 0.1) is 19.8 Å². The number of likely N-dealkylation sites (tertiary alicyclic amines) is 1. The highest BCUT2D eigenvalue weighted by Crippen LogP contribution is 2.12. The molecule has 0 aromatic heterocycles. The van der Waals surface area contributed by atoms with E-state index < -0.39 is 0 Å². The van der Waals surface area contributed by atoms with Crippen LogP contribution in [-0.4, -0.2) is 89.0 Å². The van der Waals surface area contributed by atoms with Gasteiger partial charge in [0.2, 0.25) is 5.91 Å². The quantitative estimate of drug-likeness (QED) is 0.163. The van der Waals surface area contributed by atoms with E-state index in [2.05, 4.69) is 32.8 Å². The standard InChI is InChI=1S/C20H39N5O3.HI/c1-3-8-22-19(26)14-25-10-5-18(6-11-25)24-20(21-2)23-9-4-12-27-15-17-7-13-28-16-17;/h17-18H,3-16H2,1-2H3,(H,22,26)(H2,21,23,24);1H. The first-order valence-corrected chi connectivity index (χ1v) is 10.8. The average Bonchev–Trinajstić information content (AvgIpc) is 3.23. The Morgan fingerprint density at radius 3 is 2.66 bits per heavy atom. The maximum absolute atomic E-state index is 11.8. The Morgan fingerprint density at radius 1 is 1.21 bits per heavy atom. The average molecular weight is 525 g/mol. The van der Waals surface area contributed by atoms with Crippen molar-refractivity contribution in [2.75, 3.05) is 66.2 Å². The Balaban J connectivity index is 0.00000420. The van der Waals surface area contributed by atoms with Crippen LogP contribution < -0.4 is 16.0 Å². The number of carbonyl (C=O) groups is 1. The third-order valence-electron chi connectivity index (χ3n) is 5.23. The van der Waals surface area contributed by atoms with E-state index in [0.29, 0.717) is 18.5 Å². The van der Waals surface area contributed by atoms with Crippen molar-refractivity contribution in [3.05, 3.63) is 0 Å². The Bertz CT molecular complexity index is 467. The van der Waals surface area contributed by atoms with E-state index in [-0.39, 0.29) is 29.9 Å². The highest BCUT2D eigenvalue weighted by molar-refractivity contribution is 14.0. The van der Waals surface area contributed by atoms with Crippen molar-refractivity contribution in [2.24, 2.45) is 10.9 Å². The number of rotatable bonds is 11. The van der Waals surface area contributed by atoms with Gasteiger partial charge in [0, 0.05) is 58.4 Å². The maximum Gasteiger partial charge on any atom is 0.234 e. The summed E-state index contributed by atoms with van der Waals surface area (Å²) in [6, 6.07) is 0.403. The molecular formula is C20H40IN5O3. The van der Waals surface area contributed by atoms with Gasteiger partial charge in [-0.2, -0.15) is 0 Å². The number of hydrogen-bond acceptors (Lipinski definition) is 5. The molecule has 3 N–H and O–H groups in total. The number of guanidine groups is 1. The van der Waals surface area contributed by atoms with Gasteiger partial charge in [-0.05, 0) is 32.1 Å². The Morgan fingerprint density at radius 2 is 2.00 bits per heavy atom. The highest BCUT2D eigenvalue weighted by Gasteiger charge is 2.21. The molecule has 9 heteroatoms. The second-order valence-electron chi connectivity index (χ2n) is 7.70. The predicted molar refractivity (Wildman–Crippen MR) is 127 cm³/mol. The largest absolute Gasteiger partial charge is 0.381 e. The second-order valence-corrected chi connectivity index (χ2v) is 7.70. The van der Waals surface area contributed by atoms with Crippen LogP contribution in [0.5, 0.6) is 0 Å². The lowest BCUT2D eigenvalue weighted by Gasteiger charge is -2.32. The fraction of sp³-hybridized carbons (Fsp3) is 0.900. The zero-order valence-electron chi connectivity index (χ0n) is 18.1. The minimum Gasteiger partial charge on any atom is -0.381 e. The van der Waals surface area contributed by atoms with Crippen molar-refractivity contribution in [3.63, 3.8) is 0 Å². The van der Waals surface area contributed by atoms with Gasteiger partial charge in [-0.25, -0.2) is 0 Å². The lowest BCUT2D eigenvalue weighted by molar-refractivity contribution is -0.122. The highest BCUT2D eigenvalue weighted by atomic mass is 127. The minimum atomic E-state index is 0. The number of nitrogens with zero attached hydrogens (tertiary/aromatic N) is 2. The molecule has 2 aliphatic rings. The molecule has 2 saturated heterocycles. The van der Waals surface area contributed by atoms with Gasteiger partial charge in [0.15, 0.2) is 5.96 Å². The molecule has 1 amide bonds. The molecule has 0 spiro atoms. The molecule has 0 aromatic rings. The van der Waals surface area contributed by atoms with E-state index >= 15 is 0 Å². The molecule has 0 aliphatic carbocycles. The summed E-state index contributed by atoms with van der Waals surface area (Å²) in [5, 5.41) is 9.82. The van der Waals surface area contributed by atoms with Crippen LogP contribution in [0.3, 0.4) is 0 Å². The molecule has 29 heavy (non-hydrogen) atoms.